The maximum absolute atomic E-state index is 5.61. The summed E-state index contributed by atoms with van der Waals surface area (Å²) in [5.74, 6) is 0. The Kier molecular flexibility index (Phi) is 4.01. The highest BCUT2D eigenvalue weighted by atomic mass is 79.9. The molecule has 2 rings (SSSR count). The molecule has 3 nitrogen and oxygen atoms in total. The number of nitrogens with one attached hydrogen (secondary N) is 1. The molecule has 92 valence electrons. The number of hydrogen-bond donors (Lipinski definition) is 2. The lowest BCUT2D eigenvalue weighted by atomic mass is 10.1. The van der Waals surface area contributed by atoms with E-state index < -0.39 is 0 Å². The molecule has 0 spiro atoms. The minimum atomic E-state index is 0.254. The zero-order valence-corrected chi connectivity index (χ0v) is 12.0. The SMILES string of the molecule is CC1OCCC1Nc1ccc(C(N)=S)c(Br)c1. The Labute approximate surface area is 115 Å². The van der Waals surface area contributed by atoms with Gasteiger partial charge in [0.15, 0.2) is 0 Å². The second-order valence-electron chi connectivity index (χ2n) is 4.17. The second kappa shape index (κ2) is 5.33. The predicted octanol–water partition coefficient (Wildman–Crippen LogP) is 2.67. The van der Waals surface area contributed by atoms with Gasteiger partial charge in [0.1, 0.15) is 4.99 Å². The molecule has 0 aromatic heterocycles. The van der Waals surface area contributed by atoms with Gasteiger partial charge in [-0.2, -0.15) is 0 Å². The van der Waals surface area contributed by atoms with Crippen LogP contribution in [0.3, 0.4) is 0 Å². The molecule has 1 aliphatic rings. The Hall–Kier alpha value is -0.650. The maximum Gasteiger partial charge on any atom is 0.105 e. The average Bonchev–Trinajstić information content (AvgIpc) is 2.64. The average molecular weight is 315 g/mol. The molecule has 0 radical (unpaired) electrons. The zero-order chi connectivity index (χ0) is 12.4. The third kappa shape index (κ3) is 2.97. The van der Waals surface area contributed by atoms with Crippen LogP contribution in [0.5, 0.6) is 0 Å². The van der Waals surface area contributed by atoms with Crippen LogP contribution in [-0.4, -0.2) is 23.7 Å². The molecule has 1 saturated heterocycles. The summed E-state index contributed by atoms with van der Waals surface area (Å²) >= 11 is 8.44. The third-order valence-electron chi connectivity index (χ3n) is 2.96. The van der Waals surface area contributed by atoms with Crippen LogP contribution in [0, 0.1) is 0 Å². The van der Waals surface area contributed by atoms with Crippen molar-refractivity contribution in [2.75, 3.05) is 11.9 Å². The van der Waals surface area contributed by atoms with Crippen molar-refractivity contribution in [1.29, 1.82) is 0 Å². The van der Waals surface area contributed by atoms with Gasteiger partial charge in [0.2, 0.25) is 0 Å². The second-order valence-corrected chi connectivity index (χ2v) is 5.47. The highest BCUT2D eigenvalue weighted by Crippen LogP contribution is 2.24. The molecule has 1 fully saturated rings. The summed E-state index contributed by atoms with van der Waals surface area (Å²) in [6, 6.07) is 6.29. The third-order valence-corrected chi connectivity index (χ3v) is 3.84. The molecule has 2 unspecified atom stereocenters. The lowest BCUT2D eigenvalue weighted by Gasteiger charge is -2.18. The first-order valence-electron chi connectivity index (χ1n) is 5.55. The molecule has 1 aliphatic heterocycles. The van der Waals surface area contributed by atoms with Crippen molar-refractivity contribution in [3.8, 4) is 0 Å². The van der Waals surface area contributed by atoms with Crippen molar-refractivity contribution in [2.24, 2.45) is 5.73 Å². The van der Waals surface area contributed by atoms with Crippen molar-refractivity contribution in [1.82, 2.24) is 0 Å². The number of benzene rings is 1. The Morgan fingerprint density at radius 2 is 2.35 bits per heavy atom. The lowest BCUT2D eigenvalue weighted by molar-refractivity contribution is 0.121. The first-order valence-corrected chi connectivity index (χ1v) is 6.75. The molecule has 0 amide bonds. The molecule has 2 atom stereocenters. The van der Waals surface area contributed by atoms with Crippen molar-refractivity contribution in [3.63, 3.8) is 0 Å². The van der Waals surface area contributed by atoms with Gasteiger partial charge in [-0.3, -0.25) is 0 Å². The van der Waals surface area contributed by atoms with Gasteiger partial charge in [-0.1, -0.05) is 12.2 Å². The van der Waals surface area contributed by atoms with E-state index >= 15 is 0 Å². The molecule has 5 heteroatoms. The van der Waals surface area contributed by atoms with Gasteiger partial charge in [-0.05, 0) is 47.5 Å². The summed E-state index contributed by atoms with van der Waals surface area (Å²) in [5.41, 5.74) is 7.53. The van der Waals surface area contributed by atoms with Crippen molar-refractivity contribution >= 4 is 38.8 Å². The number of nitrogens with two attached hydrogens (primary N) is 1. The summed E-state index contributed by atoms with van der Waals surface area (Å²) in [6.07, 6.45) is 1.29. The van der Waals surface area contributed by atoms with Gasteiger partial charge < -0.3 is 15.8 Å². The van der Waals surface area contributed by atoms with E-state index in [4.69, 9.17) is 22.7 Å². The van der Waals surface area contributed by atoms with Crippen LogP contribution in [0.2, 0.25) is 0 Å². The van der Waals surface area contributed by atoms with E-state index in [0.717, 1.165) is 28.8 Å². The lowest BCUT2D eigenvalue weighted by Crippen LogP contribution is -2.26. The summed E-state index contributed by atoms with van der Waals surface area (Å²) < 4.78 is 6.43. The number of hydrogen-bond acceptors (Lipinski definition) is 3. The van der Waals surface area contributed by atoms with Gasteiger partial charge in [0, 0.05) is 22.3 Å². The standard InChI is InChI=1S/C12H15BrN2OS/c1-7-11(4-5-16-7)15-8-2-3-9(12(14)17)10(13)6-8/h2-3,6-7,11,15H,4-5H2,1H3,(H2,14,17). The van der Waals surface area contributed by atoms with Gasteiger partial charge in [0.25, 0.3) is 0 Å². The van der Waals surface area contributed by atoms with Gasteiger partial charge in [0.05, 0.1) is 12.1 Å². The Morgan fingerprint density at radius 3 is 2.88 bits per heavy atom. The van der Waals surface area contributed by atoms with Crippen LogP contribution >= 0.6 is 28.1 Å². The maximum atomic E-state index is 5.61. The van der Waals surface area contributed by atoms with E-state index in [1.807, 2.05) is 18.2 Å². The van der Waals surface area contributed by atoms with Crippen molar-refractivity contribution in [3.05, 3.63) is 28.2 Å². The summed E-state index contributed by atoms with van der Waals surface area (Å²) in [5, 5.41) is 3.46. The number of rotatable bonds is 3. The molecule has 1 heterocycles. The van der Waals surface area contributed by atoms with Gasteiger partial charge >= 0.3 is 0 Å². The van der Waals surface area contributed by atoms with Gasteiger partial charge in [-0.25, -0.2) is 0 Å². The Morgan fingerprint density at radius 1 is 1.59 bits per heavy atom. The van der Waals surface area contributed by atoms with Gasteiger partial charge in [-0.15, -0.1) is 0 Å². The Balaban J connectivity index is 2.12. The largest absolute Gasteiger partial charge is 0.389 e. The van der Waals surface area contributed by atoms with E-state index in [9.17, 15) is 0 Å². The molecular formula is C12H15BrN2OS. The van der Waals surface area contributed by atoms with Crippen LogP contribution in [0.15, 0.2) is 22.7 Å². The van der Waals surface area contributed by atoms with Crippen LogP contribution in [0.4, 0.5) is 5.69 Å². The van der Waals surface area contributed by atoms with Crippen LogP contribution in [0.25, 0.3) is 0 Å². The minimum absolute atomic E-state index is 0.254. The molecule has 1 aromatic rings. The smallest absolute Gasteiger partial charge is 0.105 e. The van der Waals surface area contributed by atoms with Crippen molar-refractivity contribution < 1.29 is 4.74 Å². The van der Waals surface area contributed by atoms with E-state index in [-0.39, 0.29) is 6.10 Å². The number of anilines is 1. The van der Waals surface area contributed by atoms with Crippen LogP contribution in [0.1, 0.15) is 18.9 Å². The Bertz CT molecular complexity index is 439. The summed E-state index contributed by atoms with van der Waals surface area (Å²) in [6.45, 7) is 2.91. The first kappa shape index (κ1) is 12.8. The monoisotopic (exact) mass is 314 g/mol. The highest BCUT2D eigenvalue weighted by molar-refractivity contribution is 9.10. The zero-order valence-electron chi connectivity index (χ0n) is 9.57. The quantitative estimate of drug-likeness (QED) is 0.842. The molecule has 3 N–H and O–H groups in total. The number of thiocarbonyl (C=S) groups is 1. The molecule has 1 aromatic carbocycles. The van der Waals surface area contributed by atoms with E-state index in [1.54, 1.807) is 0 Å². The molecular weight excluding hydrogens is 300 g/mol. The summed E-state index contributed by atoms with van der Waals surface area (Å²) in [4.78, 5) is 0.404. The minimum Gasteiger partial charge on any atom is -0.389 e. The highest BCUT2D eigenvalue weighted by Gasteiger charge is 2.23. The number of halogens is 1. The predicted molar refractivity (Wildman–Crippen MR) is 77.5 cm³/mol. The fraction of sp³-hybridized carbons (Fsp3) is 0.417. The molecule has 0 aliphatic carbocycles. The molecule has 0 saturated carbocycles. The first-order chi connectivity index (χ1) is 8.08. The molecule has 17 heavy (non-hydrogen) atoms. The van der Waals surface area contributed by atoms with E-state index in [0.29, 0.717) is 11.0 Å². The number of ether oxygens (including phenoxy) is 1. The normalized spacial score (nSPS) is 23.6. The summed E-state index contributed by atoms with van der Waals surface area (Å²) in [7, 11) is 0. The van der Waals surface area contributed by atoms with Crippen LogP contribution < -0.4 is 11.1 Å². The molecule has 0 bridgehead atoms. The topological polar surface area (TPSA) is 47.3 Å². The van der Waals surface area contributed by atoms with Crippen molar-refractivity contribution in [2.45, 2.75) is 25.5 Å². The fourth-order valence-corrected chi connectivity index (χ4v) is 2.84. The van der Waals surface area contributed by atoms with Crippen LogP contribution in [-0.2, 0) is 4.74 Å². The van der Waals surface area contributed by atoms with E-state index in [1.165, 1.54) is 0 Å². The fourth-order valence-electron chi connectivity index (χ4n) is 1.94. The van der Waals surface area contributed by atoms with E-state index in [2.05, 4.69) is 28.2 Å².